The Bertz CT molecular complexity index is 1260. The molecule has 0 aliphatic rings. The first-order valence-electron chi connectivity index (χ1n) is 10.4. The van der Waals surface area contributed by atoms with Gasteiger partial charge in [0.1, 0.15) is 10.7 Å². The van der Waals surface area contributed by atoms with Crippen LogP contribution in [0.1, 0.15) is 35.8 Å². The van der Waals surface area contributed by atoms with Crippen molar-refractivity contribution in [2.24, 2.45) is 0 Å². The lowest BCUT2D eigenvalue weighted by atomic mass is 10.0. The molecule has 0 saturated carbocycles. The zero-order valence-corrected chi connectivity index (χ0v) is 18.7. The number of carbonyl (C=O) groups excluding carboxylic acids is 2. The van der Waals surface area contributed by atoms with Gasteiger partial charge in [-0.2, -0.15) is 0 Å². The molecule has 3 aromatic carbocycles. The number of aromatic nitrogens is 2. The summed E-state index contributed by atoms with van der Waals surface area (Å²) >= 11 is 1.40. The zero-order chi connectivity index (χ0) is 22.5. The lowest BCUT2D eigenvalue weighted by Gasteiger charge is -2.13. The highest BCUT2D eigenvalue weighted by Gasteiger charge is 2.14. The fourth-order valence-corrected chi connectivity index (χ4v) is 4.42. The van der Waals surface area contributed by atoms with E-state index in [9.17, 15) is 9.59 Å². The molecule has 0 bridgehead atoms. The Morgan fingerprint density at radius 2 is 1.53 bits per heavy atom. The van der Waals surface area contributed by atoms with Gasteiger partial charge in [0.25, 0.3) is 0 Å². The molecule has 1 aromatic heterocycles. The van der Waals surface area contributed by atoms with Crippen molar-refractivity contribution in [2.45, 2.75) is 24.9 Å². The Hall–Kier alpha value is -3.51. The Kier molecular flexibility index (Phi) is 6.61. The highest BCUT2D eigenvalue weighted by molar-refractivity contribution is 8.00. The van der Waals surface area contributed by atoms with Gasteiger partial charge in [0.15, 0.2) is 5.78 Å². The molecule has 4 aromatic rings. The number of hydrogen-bond acceptors (Lipinski definition) is 5. The first-order valence-corrected chi connectivity index (χ1v) is 11.4. The smallest absolute Gasteiger partial charge is 0.217 e. The van der Waals surface area contributed by atoms with E-state index >= 15 is 0 Å². The molecular weight excluding hydrogens is 418 g/mol. The number of nitrogens with zero attached hydrogens (tertiary/aromatic N) is 2. The summed E-state index contributed by atoms with van der Waals surface area (Å²) in [6.07, 6.45) is 0. The Labute approximate surface area is 191 Å². The van der Waals surface area contributed by atoms with Gasteiger partial charge in [0, 0.05) is 28.8 Å². The van der Waals surface area contributed by atoms with E-state index in [0.717, 1.165) is 32.6 Å². The van der Waals surface area contributed by atoms with Crippen molar-refractivity contribution in [1.82, 2.24) is 15.5 Å². The van der Waals surface area contributed by atoms with E-state index in [1.807, 2.05) is 73.7 Å². The third-order valence-corrected chi connectivity index (χ3v) is 6.17. The minimum atomic E-state index is -0.101. The molecule has 0 spiro atoms. The van der Waals surface area contributed by atoms with Gasteiger partial charge in [-0.25, -0.2) is 0 Å². The second-order valence-corrected chi connectivity index (χ2v) is 8.49. The predicted molar refractivity (Wildman–Crippen MR) is 129 cm³/mol. The average Bonchev–Trinajstić information content (AvgIpc) is 2.82. The molecule has 0 fully saturated rings. The molecule has 0 aliphatic heterocycles. The molecular formula is C26H23N3O2S. The lowest BCUT2D eigenvalue weighted by Crippen LogP contribution is -2.23. The first-order chi connectivity index (χ1) is 15.5. The minimum absolute atomic E-state index is 0.0201. The second-order valence-electron chi connectivity index (χ2n) is 7.52. The van der Waals surface area contributed by atoms with Gasteiger partial charge in [0.05, 0.1) is 11.8 Å². The topological polar surface area (TPSA) is 72.0 Å². The van der Waals surface area contributed by atoms with Gasteiger partial charge >= 0.3 is 0 Å². The summed E-state index contributed by atoms with van der Waals surface area (Å²) in [4.78, 5) is 24.0. The quantitative estimate of drug-likeness (QED) is 0.304. The maximum atomic E-state index is 12.8. The van der Waals surface area contributed by atoms with Crippen molar-refractivity contribution in [3.8, 4) is 11.3 Å². The van der Waals surface area contributed by atoms with E-state index in [1.165, 1.54) is 18.7 Å². The molecule has 4 rings (SSSR count). The Balaban J connectivity index is 1.51. The summed E-state index contributed by atoms with van der Waals surface area (Å²) in [7, 11) is 0. The number of benzene rings is 3. The third kappa shape index (κ3) is 4.86. The summed E-state index contributed by atoms with van der Waals surface area (Å²) in [5.74, 6) is 0.205. The standard InChI is InChI=1S/C26H23N3O2S/c1-17(27-18(2)30)19-12-14-20(15-13-19)24(31)16-32-26-23-11-7-6-10-22(23)25(28-29-26)21-8-4-3-5-9-21/h3-15,17H,16H2,1-2H3,(H,27,30). The fourth-order valence-electron chi connectivity index (χ4n) is 3.56. The predicted octanol–water partition coefficient (Wildman–Crippen LogP) is 5.47. The molecule has 6 heteroatoms. The van der Waals surface area contributed by atoms with Crippen molar-refractivity contribution in [3.63, 3.8) is 0 Å². The van der Waals surface area contributed by atoms with Crippen LogP contribution in [0.3, 0.4) is 0 Å². The largest absolute Gasteiger partial charge is 0.350 e. The third-order valence-electron chi connectivity index (χ3n) is 5.19. The van der Waals surface area contributed by atoms with Crippen LogP contribution < -0.4 is 5.32 Å². The Morgan fingerprint density at radius 3 is 2.22 bits per heavy atom. The number of Topliss-reactive ketones (excluding diaryl/α,β-unsaturated/α-hetero) is 1. The van der Waals surface area contributed by atoms with Crippen LogP contribution in [0.25, 0.3) is 22.0 Å². The summed E-state index contributed by atoms with van der Waals surface area (Å²) < 4.78 is 0. The summed E-state index contributed by atoms with van der Waals surface area (Å²) in [6, 6.07) is 25.2. The molecule has 1 amide bonds. The van der Waals surface area contributed by atoms with Crippen LogP contribution in [0.5, 0.6) is 0 Å². The first kappa shape index (κ1) is 21.7. The van der Waals surface area contributed by atoms with E-state index < -0.39 is 0 Å². The molecule has 0 aliphatic carbocycles. The fraction of sp³-hybridized carbons (Fsp3) is 0.154. The highest BCUT2D eigenvalue weighted by atomic mass is 32.2. The van der Waals surface area contributed by atoms with E-state index in [1.54, 1.807) is 12.1 Å². The average molecular weight is 442 g/mol. The van der Waals surface area contributed by atoms with Gasteiger partial charge in [-0.3, -0.25) is 9.59 Å². The number of rotatable bonds is 7. The highest BCUT2D eigenvalue weighted by Crippen LogP contribution is 2.31. The minimum Gasteiger partial charge on any atom is -0.350 e. The van der Waals surface area contributed by atoms with E-state index in [-0.39, 0.29) is 23.5 Å². The molecule has 1 heterocycles. The normalized spacial score (nSPS) is 11.8. The number of nitrogens with one attached hydrogen (secondary N) is 1. The molecule has 0 saturated heterocycles. The molecule has 32 heavy (non-hydrogen) atoms. The number of carbonyl (C=O) groups is 2. The molecule has 5 nitrogen and oxygen atoms in total. The molecule has 1 atom stereocenters. The molecule has 160 valence electrons. The van der Waals surface area contributed by atoms with Crippen molar-refractivity contribution >= 4 is 34.2 Å². The molecule has 0 radical (unpaired) electrons. The summed E-state index contributed by atoms with van der Waals surface area (Å²) in [5.41, 5.74) is 3.44. The van der Waals surface area contributed by atoms with Crippen LogP contribution >= 0.6 is 11.8 Å². The summed E-state index contributed by atoms with van der Waals surface area (Å²) in [5, 5.41) is 14.5. The number of ketones is 1. The van der Waals surface area contributed by atoms with Crippen LogP contribution in [0.2, 0.25) is 0 Å². The van der Waals surface area contributed by atoms with Gasteiger partial charge in [-0.1, -0.05) is 90.6 Å². The van der Waals surface area contributed by atoms with E-state index in [2.05, 4.69) is 15.5 Å². The van der Waals surface area contributed by atoms with Crippen LogP contribution in [0.4, 0.5) is 0 Å². The van der Waals surface area contributed by atoms with Crippen molar-refractivity contribution in [2.75, 3.05) is 5.75 Å². The monoisotopic (exact) mass is 441 g/mol. The van der Waals surface area contributed by atoms with Crippen LogP contribution in [-0.4, -0.2) is 27.6 Å². The number of thioether (sulfide) groups is 1. The zero-order valence-electron chi connectivity index (χ0n) is 17.9. The molecule has 1 unspecified atom stereocenters. The van der Waals surface area contributed by atoms with Crippen molar-refractivity contribution in [3.05, 3.63) is 90.0 Å². The maximum absolute atomic E-state index is 12.8. The number of amides is 1. The van der Waals surface area contributed by atoms with E-state index in [4.69, 9.17) is 0 Å². The lowest BCUT2D eigenvalue weighted by molar-refractivity contribution is -0.119. The van der Waals surface area contributed by atoms with Gasteiger partial charge in [-0.15, -0.1) is 10.2 Å². The Morgan fingerprint density at radius 1 is 0.875 bits per heavy atom. The van der Waals surface area contributed by atoms with Crippen molar-refractivity contribution < 1.29 is 9.59 Å². The SMILES string of the molecule is CC(=O)NC(C)c1ccc(C(=O)CSc2nnc(-c3ccccc3)c3ccccc23)cc1. The van der Waals surface area contributed by atoms with Crippen molar-refractivity contribution in [1.29, 1.82) is 0 Å². The second kappa shape index (κ2) is 9.75. The van der Waals surface area contributed by atoms with E-state index in [0.29, 0.717) is 5.56 Å². The van der Waals surface area contributed by atoms with Gasteiger partial charge < -0.3 is 5.32 Å². The number of hydrogen-bond donors (Lipinski definition) is 1. The maximum Gasteiger partial charge on any atom is 0.217 e. The van der Waals surface area contributed by atoms with Gasteiger partial charge in [0.2, 0.25) is 5.91 Å². The van der Waals surface area contributed by atoms with Crippen LogP contribution in [0, 0.1) is 0 Å². The number of fused-ring (bicyclic) bond motifs is 1. The summed E-state index contributed by atoms with van der Waals surface area (Å²) in [6.45, 7) is 3.40. The molecule has 1 N–H and O–H groups in total. The van der Waals surface area contributed by atoms with Gasteiger partial charge in [-0.05, 0) is 12.5 Å². The van der Waals surface area contributed by atoms with Crippen LogP contribution in [-0.2, 0) is 4.79 Å². The van der Waals surface area contributed by atoms with Crippen LogP contribution in [0.15, 0.2) is 83.9 Å².